The molecule has 0 radical (unpaired) electrons. The van der Waals surface area contributed by atoms with Crippen LogP contribution in [0.1, 0.15) is 38.3 Å². The standard InChI is InChI=1S/C25H34ClN3O4S/c1-6-19(3)27-25(31)20(4)28(15-14-21-10-8-7-9-11-21)24(30)17-29(34(5,32)33)23-13-12-22(26)16-18(23)2/h7-13,16,19-20H,6,14-15,17H2,1-5H3,(H,27,31)/t19-,20-/m0/s1. The first-order valence-electron chi connectivity index (χ1n) is 11.3. The summed E-state index contributed by atoms with van der Waals surface area (Å²) in [5.41, 5.74) is 2.02. The highest BCUT2D eigenvalue weighted by molar-refractivity contribution is 7.92. The fraction of sp³-hybridized carbons (Fsp3) is 0.440. The second kappa shape index (κ2) is 12.2. The van der Waals surface area contributed by atoms with Crippen molar-refractivity contribution in [1.82, 2.24) is 10.2 Å². The Morgan fingerprint density at radius 2 is 1.74 bits per heavy atom. The molecule has 2 atom stereocenters. The minimum absolute atomic E-state index is 0.0368. The maximum Gasteiger partial charge on any atom is 0.244 e. The second-order valence-corrected chi connectivity index (χ2v) is 10.9. The van der Waals surface area contributed by atoms with E-state index in [1.54, 1.807) is 32.0 Å². The largest absolute Gasteiger partial charge is 0.352 e. The lowest BCUT2D eigenvalue weighted by Gasteiger charge is -2.32. The molecule has 7 nitrogen and oxygen atoms in total. The van der Waals surface area contributed by atoms with E-state index in [1.165, 1.54) is 4.90 Å². The molecule has 186 valence electrons. The fourth-order valence-corrected chi connectivity index (χ4v) is 4.66. The Balaban J connectivity index is 2.34. The van der Waals surface area contributed by atoms with E-state index < -0.39 is 28.5 Å². The summed E-state index contributed by atoms with van der Waals surface area (Å²) in [6, 6.07) is 13.6. The van der Waals surface area contributed by atoms with E-state index in [4.69, 9.17) is 11.6 Å². The van der Waals surface area contributed by atoms with Crippen molar-refractivity contribution in [2.24, 2.45) is 0 Å². The molecule has 0 saturated carbocycles. The molecule has 0 saturated heterocycles. The lowest BCUT2D eigenvalue weighted by molar-refractivity contribution is -0.139. The number of carbonyl (C=O) groups is 2. The van der Waals surface area contributed by atoms with Gasteiger partial charge in [0.15, 0.2) is 0 Å². The first-order valence-corrected chi connectivity index (χ1v) is 13.5. The molecule has 0 heterocycles. The van der Waals surface area contributed by atoms with Crippen molar-refractivity contribution in [3.8, 4) is 0 Å². The van der Waals surface area contributed by atoms with E-state index in [-0.39, 0.29) is 18.5 Å². The number of sulfonamides is 1. The van der Waals surface area contributed by atoms with Gasteiger partial charge in [0.05, 0.1) is 11.9 Å². The topological polar surface area (TPSA) is 86.8 Å². The lowest BCUT2D eigenvalue weighted by Crippen LogP contribution is -2.53. The maximum absolute atomic E-state index is 13.5. The number of rotatable bonds is 11. The van der Waals surface area contributed by atoms with Crippen molar-refractivity contribution < 1.29 is 18.0 Å². The monoisotopic (exact) mass is 507 g/mol. The average Bonchev–Trinajstić information content (AvgIpc) is 2.77. The highest BCUT2D eigenvalue weighted by atomic mass is 35.5. The van der Waals surface area contributed by atoms with Crippen molar-refractivity contribution in [1.29, 1.82) is 0 Å². The molecular weight excluding hydrogens is 474 g/mol. The summed E-state index contributed by atoms with van der Waals surface area (Å²) in [6.45, 7) is 7.12. The quantitative estimate of drug-likeness (QED) is 0.501. The van der Waals surface area contributed by atoms with Crippen molar-refractivity contribution >= 4 is 39.1 Å². The van der Waals surface area contributed by atoms with Gasteiger partial charge in [0, 0.05) is 17.6 Å². The average molecular weight is 508 g/mol. The number of hydrogen-bond acceptors (Lipinski definition) is 4. The van der Waals surface area contributed by atoms with Crippen molar-refractivity contribution in [2.45, 2.75) is 52.6 Å². The van der Waals surface area contributed by atoms with Gasteiger partial charge in [0.2, 0.25) is 21.8 Å². The molecule has 2 aromatic rings. The van der Waals surface area contributed by atoms with Crippen LogP contribution in [0.4, 0.5) is 5.69 Å². The van der Waals surface area contributed by atoms with Crippen LogP contribution >= 0.6 is 11.6 Å². The van der Waals surface area contributed by atoms with Crippen LogP contribution in [0.25, 0.3) is 0 Å². The Bertz CT molecular complexity index is 1090. The summed E-state index contributed by atoms with van der Waals surface area (Å²) in [5, 5.41) is 3.39. The molecule has 34 heavy (non-hydrogen) atoms. The minimum Gasteiger partial charge on any atom is -0.352 e. The van der Waals surface area contributed by atoms with Crippen LogP contribution < -0.4 is 9.62 Å². The molecular formula is C25H34ClN3O4S. The van der Waals surface area contributed by atoms with Gasteiger partial charge in [-0.25, -0.2) is 8.42 Å². The zero-order valence-corrected chi connectivity index (χ0v) is 22.0. The Morgan fingerprint density at radius 3 is 2.29 bits per heavy atom. The normalized spacial score (nSPS) is 13.1. The van der Waals surface area contributed by atoms with Crippen molar-refractivity contribution in [3.63, 3.8) is 0 Å². The van der Waals surface area contributed by atoms with Gasteiger partial charge in [-0.1, -0.05) is 48.9 Å². The number of amides is 2. The number of anilines is 1. The van der Waals surface area contributed by atoms with Crippen molar-refractivity contribution in [3.05, 3.63) is 64.7 Å². The molecule has 0 bridgehead atoms. The fourth-order valence-electron chi connectivity index (χ4n) is 3.53. The number of nitrogens with zero attached hydrogens (tertiary/aromatic N) is 2. The van der Waals surface area contributed by atoms with Gasteiger partial charge in [0.1, 0.15) is 12.6 Å². The van der Waals surface area contributed by atoms with Gasteiger partial charge >= 0.3 is 0 Å². The van der Waals surface area contributed by atoms with E-state index in [0.29, 0.717) is 22.7 Å². The number of hydrogen-bond donors (Lipinski definition) is 1. The maximum atomic E-state index is 13.5. The van der Waals surface area contributed by atoms with Crippen LogP contribution in [0.3, 0.4) is 0 Å². The first kappa shape index (κ1) is 27.7. The van der Waals surface area contributed by atoms with Crippen LogP contribution in [0.15, 0.2) is 48.5 Å². The number of benzene rings is 2. The minimum atomic E-state index is -3.78. The molecule has 0 aromatic heterocycles. The number of nitrogens with one attached hydrogen (secondary N) is 1. The van der Waals surface area contributed by atoms with E-state index in [1.807, 2.05) is 44.2 Å². The molecule has 2 amide bonds. The predicted molar refractivity (Wildman–Crippen MR) is 138 cm³/mol. The van der Waals surface area contributed by atoms with E-state index >= 15 is 0 Å². The van der Waals surface area contributed by atoms with Crippen molar-refractivity contribution in [2.75, 3.05) is 23.7 Å². The summed E-state index contributed by atoms with van der Waals surface area (Å²) < 4.78 is 26.3. The van der Waals surface area contributed by atoms with Crippen LogP contribution in [0, 0.1) is 6.92 Å². The van der Waals surface area contributed by atoms with Gasteiger partial charge in [-0.05, 0) is 62.9 Å². The molecule has 2 aromatic carbocycles. The SMILES string of the molecule is CC[C@H](C)NC(=O)[C@H](C)N(CCc1ccccc1)C(=O)CN(c1ccc(Cl)cc1C)S(C)(=O)=O. The zero-order valence-electron chi connectivity index (χ0n) is 20.4. The molecule has 0 aliphatic carbocycles. The second-order valence-electron chi connectivity index (χ2n) is 8.52. The summed E-state index contributed by atoms with van der Waals surface area (Å²) >= 11 is 6.03. The number of halogens is 1. The third-order valence-electron chi connectivity index (χ3n) is 5.76. The summed E-state index contributed by atoms with van der Waals surface area (Å²) in [5.74, 6) is -0.730. The van der Waals surface area contributed by atoms with Gasteiger partial charge in [-0.15, -0.1) is 0 Å². The lowest BCUT2D eigenvalue weighted by atomic mass is 10.1. The zero-order chi connectivity index (χ0) is 25.5. The summed E-state index contributed by atoms with van der Waals surface area (Å²) in [4.78, 5) is 27.8. The van der Waals surface area contributed by atoms with Crippen LogP contribution in [-0.4, -0.2) is 56.6 Å². The van der Waals surface area contributed by atoms with E-state index in [2.05, 4.69) is 5.32 Å². The smallest absolute Gasteiger partial charge is 0.244 e. The van der Waals surface area contributed by atoms with Gasteiger partial charge in [-0.2, -0.15) is 0 Å². The Kier molecular flexibility index (Phi) is 9.94. The Morgan fingerprint density at radius 1 is 1.09 bits per heavy atom. The van der Waals surface area contributed by atoms with Crippen LogP contribution in [0.2, 0.25) is 5.02 Å². The molecule has 0 spiro atoms. The third kappa shape index (κ3) is 7.74. The van der Waals surface area contributed by atoms with Crippen LogP contribution in [-0.2, 0) is 26.0 Å². The number of carbonyl (C=O) groups excluding carboxylic acids is 2. The molecule has 9 heteroatoms. The Hall–Kier alpha value is -2.58. The van der Waals surface area contributed by atoms with Crippen LogP contribution in [0.5, 0.6) is 0 Å². The van der Waals surface area contributed by atoms with E-state index in [0.717, 1.165) is 22.5 Å². The van der Waals surface area contributed by atoms with Gasteiger partial charge in [-0.3, -0.25) is 13.9 Å². The molecule has 1 N–H and O–H groups in total. The van der Waals surface area contributed by atoms with Gasteiger partial charge in [0.25, 0.3) is 0 Å². The highest BCUT2D eigenvalue weighted by Crippen LogP contribution is 2.26. The molecule has 0 unspecified atom stereocenters. The summed E-state index contributed by atoms with van der Waals surface area (Å²) in [7, 11) is -3.78. The number of aryl methyl sites for hydroxylation is 1. The molecule has 0 aliphatic rings. The third-order valence-corrected chi connectivity index (χ3v) is 7.12. The molecule has 0 fully saturated rings. The molecule has 0 aliphatic heterocycles. The molecule has 2 rings (SSSR count). The Labute approximate surface area is 208 Å². The van der Waals surface area contributed by atoms with Gasteiger partial charge < -0.3 is 10.2 Å². The van der Waals surface area contributed by atoms with E-state index in [9.17, 15) is 18.0 Å². The predicted octanol–water partition coefficient (Wildman–Crippen LogP) is 3.79. The summed E-state index contributed by atoms with van der Waals surface area (Å²) in [6.07, 6.45) is 2.35. The first-order chi connectivity index (χ1) is 15.9. The highest BCUT2D eigenvalue weighted by Gasteiger charge is 2.30.